The summed E-state index contributed by atoms with van der Waals surface area (Å²) < 4.78 is 7.21. The number of nitrogens with one attached hydrogen (secondary N) is 1. The molecule has 0 fully saturated rings. The van der Waals surface area contributed by atoms with Crippen molar-refractivity contribution in [2.75, 3.05) is 5.32 Å². The number of carbonyl (C=O) groups is 1. The highest BCUT2D eigenvalue weighted by Gasteiger charge is 2.17. The SMILES string of the molecule is Cc1c(NC(=O)OC(C)(C)C)ccc2c1cc(CO)n2C. The predicted molar refractivity (Wildman–Crippen MR) is 83.4 cm³/mol. The van der Waals surface area contributed by atoms with Gasteiger partial charge in [0.15, 0.2) is 0 Å². The Bertz CT molecular complexity index is 681. The highest BCUT2D eigenvalue weighted by Crippen LogP contribution is 2.28. The lowest BCUT2D eigenvalue weighted by atomic mass is 10.1. The monoisotopic (exact) mass is 290 g/mol. The Morgan fingerprint density at radius 2 is 2.05 bits per heavy atom. The van der Waals surface area contributed by atoms with E-state index in [1.165, 1.54) is 0 Å². The van der Waals surface area contributed by atoms with Gasteiger partial charge in [-0.3, -0.25) is 5.32 Å². The number of hydrogen-bond acceptors (Lipinski definition) is 3. The molecule has 0 saturated heterocycles. The first-order valence-corrected chi connectivity index (χ1v) is 6.91. The van der Waals surface area contributed by atoms with Gasteiger partial charge in [0.05, 0.1) is 6.61 Å². The van der Waals surface area contributed by atoms with E-state index in [2.05, 4.69) is 5.32 Å². The molecule has 1 aromatic heterocycles. The lowest BCUT2D eigenvalue weighted by molar-refractivity contribution is 0.0636. The third kappa shape index (κ3) is 3.19. The first-order valence-electron chi connectivity index (χ1n) is 6.91. The van der Waals surface area contributed by atoms with E-state index in [1.54, 1.807) is 0 Å². The number of hydrogen-bond donors (Lipinski definition) is 2. The fourth-order valence-electron chi connectivity index (χ4n) is 2.31. The molecule has 1 amide bonds. The summed E-state index contributed by atoms with van der Waals surface area (Å²) in [5.74, 6) is 0. The Hall–Kier alpha value is -2.01. The standard InChI is InChI=1S/C16H22N2O3/c1-10-12-8-11(9-19)18(5)14(12)7-6-13(10)17-15(20)21-16(2,3)4/h6-8,19H,9H2,1-5H3,(H,17,20). The molecule has 0 aliphatic rings. The molecule has 0 aliphatic carbocycles. The normalized spacial score (nSPS) is 11.7. The van der Waals surface area contributed by atoms with E-state index >= 15 is 0 Å². The molecular weight excluding hydrogens is 268 g/mol. The van der Waals surface area contributed by atoms with Crippen LogP contribution in [0.25, 0.3) is 10.9 Å². The molecule has 2 aromatic rings. The Morgan fingerprint density at radius 1 is 1.38 bits per heavy atom. The molecular formula is C16H22N2O3. The summed E-state index contributed by atoms with van der Waals surface area (Å²) in [6.07, 6.45) is -0.469. The highest BCUT2D eigenvalue weighted by atomic mass is 16.6. The van der Waals surface area contributed by atoms with Crippen LogP contribution < -0.4 is 5.32 Å². The number of nitrogens with zero attached hydrogens (tertiary/aromatic N) is 1. The molecule has 21 heavy (non-hydrogen) atoms. The number of fused-ring (bicyclic) bond motifs is 1. The minimum absolute atomic E-state index is 0.0144. The molecule has 0 unspecified atom stereocenters. The zero-order valence-corrected chi connectivity index (χ0v) is 13.2. The van der Waals surface area contributed by atoms with Gasteiger partial charge in [0.25, 0.3) is 0 Å². The van der Waals surface area contributed by atoms with E-state index in [-0.39, 0.29) is 6.61 Å². The van der Waals surface area contributed by atoms with E-state index in [0.29, 0.717) is 5.69 Å². The quantitative estimate of drug-likeness (QED) is 0.891. The van der Waals surface area contributed by atoms with Crippen LogP contribution in [0.1, 0.15) is 32.0 Å². The molecule has 1 heterocycles. The maximum atomic E-state index is 11.9. The first-order chi connectivity index (χ1) is 9.73. The summed E-state index contributed by atoms with van der Waals surface area (Å²) in [7, 11) is 1.91. The summed E-state index contributed by atoms with van der Waals surface area (Å²) in [4.78, 5) is 11.9. The van der Waals surface area contributed by atoms with Crippen LogP contribution in [0, 0.1) is 6.92 Å². The highest BCUT2D eigenvalue weighted by molar-refractivity contribution is 5.94. The summed E-state index contributed by atoms with van der Waals surface area (Å²) >= 11 is 0. The van der Waals surface area contributed by atoms with Crippen LogP contribution in [0.3, 0.4) is 0 Å². The van der Waals surface area contributed by atoms with E-state index in [1.807, 2.05) is 57.5 Å². The van der Waals surface area contributed by atoms with Gasteiger partial charge in [0.2, 0.25) is 0 Å². The maximum Gasteiger partial charge on any atom is 0.412 e. The van der Waals surface area contributed by atoms with Gasteiger partial charge >= 0.3 is 6.09 Å². The second kappa shape index (κ2) is 5.41. The van der Waals surface area contributed by atoms with Gasteiger partial charge in [0, 0.05) is 29.3 Å². The van der Waals surface area contributed by atoms with Crippen LogP contribution in [-0.2, 0) is 18.4 Å². The van der Waals surface area contributed by atoms with Gasteiger partial charge < -0.3 is 14.4 Å². The zero-order chi connectivity index (χ0) is 15.8. The van der Waals surface area contributed by atoms with Crippen molar-refractivity contribution in [2.24, 2.45) is 7.05 Å². The van der Waals surface area contributed by atoms with Crippen LogP contribution in [0.2, 0.25) is 0 Å². The van der Waals surface area contributed by atoms with Crippen LogP contribution in [0.5, 0.6) is 0 Å². The van der Waals surface area contributed by atoms with Crippen LogP contribution in [0.15, 0.2) is 18.2 Å². The number of aromatic nitrogens is 1. The Kier molecular flexibility index (Phi) is 3.96. The van der Waals surface area contributed by atoms with Crippen LogP contribution in [0.4, 0.5) is 10.5 Å². The zero-order valence-electron chi connectivity index (χ0n) is 13.2. The number of carbonyl (C=O) groups excluding carboxylic acids is 1. The third-order valence-electron chi connectivity index (χ3n) is 3.39. The van der Waals surface area contributed by atoms with Gasteiger partial charge in [-0.25, -0.2) is 4.79 Å². The number of benzene rings is 1. The molecule has 5 nitrogen and oxygen atoms in total. The van der Waals surface area contributed by atoms with Crippen molar-refractivity contribution in [3.8, 4) is 0 Å². The van der Waals surface area contributed by atoms with Gasteiger partial charge in [0.1, 0.15) is 5.60 Å². The first kappa shape index (κ1) is 15.4. The van der Waals surface area contributed by atoms with Crippen molar-refractivity contribution < 1.29 is 14.6 Å². The van der Waals surface area contributed by atoms with Crippen molar-refractivity contribution in [3.63, 3.8) is 0 Å². The average molecular weight is 290 g/mol. The van der Waals surface area contributed by atoms with Crippen molar-refractivity contribution in [2.45, 2.75) is 39.9 Å². The van der Waals surface area contributed by atoms with Crippen molar-refractivity contribution >= 4 is 22.7 Å². The molecule has 0 atom stereocenters. The fourth-order valence-corrected chi connectivity index (χ4v) is 2.31. The Balaban J connectivity index is 2.34. The van der Waals surface area contributed by atoms with E-state index in [0.717, 1.165) is 22.2 Å². The largest absolute Gasteiger partial charge is 0.444 e. The molecule has 2 N–H and O–H groups in total. The number of amides is 1. The molecule has 0 bridgehead atoms. The third-order valence-corrected chi connectivity index (χ3v) is 3.39. The minimum Gasteiger partial charge on any atom is -0.444 e. The molecule has 2 rings (SSSR count). The lowest BCUT2D eigenvalue weighted by Crippen LogP contribution is -2.27. The molecule has 114 valence electrons. The molecule has 1 aromatic carbocycles. The van der Waals surface area contributed by atoms with Crippen molar-refractivity contribution in [1.82, 2.24) is 4.57 Å². The maximum absolute atomic E-state index is 11.9. The number of aliphatic hydroxyl groups is 1. The van der Waals surface area contributed by atoms with Gasteiger partial charge in [-0.2, -0.15) is 0 Å². The molecule has 0 spiro atoms. The van der Waals surface area contributed by atoms with E-state index in [4.69, 9.17) is 4.74 Å². The number of rotatable bonds is 2. The van der Waals surface area contributed by atoms with E-state index in [9.17, 15) is 9.90 Å². The molecule has 5 heteroatoms. The van der Waals surface area contributed by atoms with Gasteiger partial charge in [-0.1, -0.05) is 0 Å². The summed E-state index contributed by atoms with van der Waals surface area (Å²) in [6.45, 7) is 7.41. The second-order valence-corrected chi connectivity index (χ2v) is 6.15. The number of aryl methyl sites for hydroxylation is 2. The minimum atomic E-state index is -0.529. The van der Waals surface area contributed by atoms with E-state index < -0.39 is 11.7 Å². The fraction of sp³-hybridized carbons (Fsp3) is 0.438. The predicted octanol–water partition coefficient (Wildman–Crippen LogP) is 3.33. The second-order valence-electron chi connectivity index (χ2n) is 6.15. The van der Waals surface area contributed by atoms with Crippen LogP contribution in [-0.4, -0.2) is 21.4 Å². The number of anilines is 1. The number of aliphatic hydroxyl groups excluding tert-OH is 1. The lowest BCUT2D eigenvalue weighted by Gasteiger charge is -2.20. The van der Waals surface area contributed by atoms with Crippen LogP contribution >= 0.6 is 0 Å². The number of ether oxygens (including phenoxy) is 1. The molecule has 0 aliphatic heterocycles. The van der Waals surface area contributed by atoms with Crippen molar-refractivity contribution in [1.29, 1.82) is 0 Å². The average Bonchev–Trinajstić information content (AvgIpc) is 2.68. The van der Waals surface area contributed by atoms with Crippen molar-refractivity contribution in [3.05, 3.63) is 29.5 Å². The summed E-state index contributed by atoms with van der Waals surface area (Å²) in [6, 6.07) is 5.71. The topological polar surface area (TPSA) is 63.5 Å². The molecule has 0 radical (unpaired) electrons. The summed E-state index contributed by atoms with van der Waals surface area (Å²) in [5.41, 5.74) is 2.99. The Morgan fingerprint density at radius 3 is 2.62 bits per heavy atom. The Labute approximate surface area is 124 Å². The summed E-state index contributed by atoms with van der Waals surface area (Å²) in [5, 5.41) is 13.1. The van der Waals surface area contributed by atoms with Gasteiger partial charge in [-0.05, 0) is 51.5 Å². The van der Waals surface area contributed by atoms with Gasteiger partial charge in [-0.15, -0.1) is 0 Å². The smallest absolute Gasteiger partial charge is 0.412 e. The molecule has 0 saturated carbocycles.